The monoisotopic (exact) mass is 529 g/mol. The number of nitrogens with zero attached hydrogens (tertiary/aromatic N) is 1. The Balaban J connectivity index is 1.46. The Labute approximate surface area is 197 Å². The number of furan rings is 1. The fourth-order valence-electron chi connectivity index (χ4n) is 2.82. The first-order valence-corrected chi connectivity index (χ1v) is 12.4. The number of hydrazone groups is 1. The number of hydrogen-bond acceptors (Lipinski definition) is 6. The Morgan fingerprint density at radius 2 is 1.78 bits per heavy atom. The number of hydrogen-bond donors (Lipinski definition) is 2. The lowest BCUT2D eigenvalue weighted by Gasteiger charge is -2.10. The van der Waals surface area contributed by atoms with Gasteiger partial charge in [0.05, 0.1) is 17.5 Å². The first-order chi connectivity index (χ1) is 15.4. The average Bonchev–Trinajstić information content (AvgIpc) is 3.47. The maximum atomic E-state index is 12.6. The van der Waals surface area contributed by atoms with E-state index in [-0.39, 0.29) is 15.5 Å². The number of benzene rings is 2. The van der Waals surface area contributed by atoms with Gasteiger partial charge in [-0.2, -0.15) is 5.10 Å². The van der Waals surface area contributed by atoms with Crippen molar-refractivity contribution in [3.63, 3.8) is 0 Å². The van der Waals surface area contributed by atoms with Gasteiger partial charge in [-0.15, -0.1) is 11.3 Å². The van der Waals surface area contributed by atoms with E-state index >= 15 is 0 Å². The molecule has 0 aliphatic carbocycles. The molecule has 0 aliphatic heterocycles. The topological polar surface area (TPSA) is 101 Å². The molecule has 0 spiro atoms. The van der Waals surface area contributed by atoms with E-state index in [1.807, 2.05) is 24.3 Å². The zero-order valence-electron chi connectivity index (χ0n) is 16.4. The van der Waals surface area contributed by atoms with E-state index < -0.39 is 15.9 Å². The molecule has 2 heterocycles. The summed E-state index contributed by atoms with van der Waals surface area (Å²) in [5, 5.41) is 5.59. The lowest BCUT2D eigenvalue weighted by Crippen LogP contribution is -2.21. The number of amides is 1. The maximum Gasteiger partial charge on any atom is 0.273 e. The van der Waals surface area contributed by atoms with Crippen LogP contribution in [0.4, 0.5) is 5.69 Å². The number of para-hydroxylation sites is 1. The molecule has 0 saturated heterocycles. The van der Waals surface area contributed by atoms with Crippen LogP contribution in [0.2, 0.25) is 0 Å². The molecule has 1 amide bonds. The van der Waals surface area contributed by atoms with Gasteiger partial charge in [-0.3, -0.25) is 9.52 Å². The molecule has 0 aliphatic rings. The summed E-state index contributed by atoms with van der Waals surface area (Å²) in [7, 11) is -3.79. The van der Waals surface area contributed by atoms with Crippen molar-refractivity contribution in [1.82, 2.24) is 5.43 Å². The first kappa shape index (κ1) is 22.0. The number of halogens is 1. The van der Waals surface area contributed by atoms with Gasteiger partial charge in [0.25, 0.3) is 15.9 Å². The first-order valence-electron chi connectivity index (χ1n) is 9.27. The fraction of sp³-hybridized carbons (Fsp3) is 0. The second-order valence-electron chi connectivity index (χ2n) is 6.46. The summed E-state index contributed by atoms with van der Waals surface area (Å²) in [4.78, 5) is 12.6. The van der Waals surface area contributed by atoms with Gasteiger partial charge < -0.3 is 4.42 Å². The van der Waals surface area contributed by atoms with E-state index in [4.69, 9.17) is 4.42 Å². The molecule has 162 valence electrons. The van der Waals surface area contributed by atoms with Crippen LogP contribution in [0.25, 0.3) is 11.3 Å². The summed E-state index contributed by atoms with van der Waals surface area (Å²) in [5.41, 5.74) is 3.58. The number of carbonyl (C=O) groups is 1. The molecule has 2 aromatic carbocycles. The number of anilines is 1. The highest BCUT2D eigenvalue weighted by Gasteiger charge is 2.19. The van der Waals surface area contributed by atoms with Crippen LogP contribution in [-0.4, -0.2) is 20.5 Å². The Hall–Kier alpha value is -3.21. The average molecular weight is 530 g/mol. The normalized spacial score (nSPS) is 11.5. The lowest BCUT2D eigenvalue weighted by atomic mass is 10.2. The summed E-state index contributed by atoms with van der Waals surface area (Å²) < 4.78 is 34.3. The smallest absolute Gasteiger partial charge is 0.273 e. The van der Waals surface area contributed by atoms with Crippen LogP contribution in [0.3, 0.4) is 0 Å². The van der Waals surface area contributed by atoms with Gasteiger partial charge in [-0.05, 0) is 41.8 Å². The molecule has 0 radical (unpaired) electrons. The van der Waals surface area contributed by atoms with E-state index in [1.165, 1.54) is 24.4 Å². The van der Waals surface area contributed by atoms with Gasteiger partial charge in [0.2, 0.25) is 0 Å². The number of sulfonamides is 1. The molecule has 0 unspecified atom stereocenters. The summed E-state index contributed by atoms with van der Waals surface area (Å²) in [6.45, 7) is 0. The van der Waals surface area contributed by atoms with Crippen LogP contribution < -0.4 is 10.1 Å². The maximum absolute atomic E-state index is 12.6. The standard InChI is InChI=1S/C22H16BrN3O4S2/c23-18-8-3-1-6-16(18)20-12-11-15(30-20)14-24-25-22(27)17-7-2-4-9-19(17)26-32(28,29)21-10-5-13-31-21/h1-14,26H,(H,25,27). The third-order valence-electron chi connectivity index (χ3n) is 4.30. The number of rotatable bonds is 7. The van der Waals surface area contributed by atoms with Crippen LogP contribution in [0, 0.1) is 0 Å². The Kier molecular flexibility index (Phi) is 6.54. The fourth-order valence-corrected chi connectivity index (χ4v) is 5.38. The van der Waals surface area contributed by atoms with Gasteiger partial charge in [-0.1, -0.05) is 52.3 Å². The molecule has 4 rings (SSSR count). The molecule has 0 fully saturated rings. The van der Waals surface area contributed by atoms with E-state index in [2.05, 4.69) is 31.2 Å². The number of thiophene rings is 1. The third-order valence-corrected chi connectivity index (χ3v) is 7.75. The Bertz CT molecular complexity index is 1380. The number of carbonyl (C=O) groups excluding carboxylic acids is 1. The third kappa shape index (κ3) is 4.98. The van der Waals surface area contributed by atoms with Crippen molar-refractivity contribution in [3.05, 3.63) is 94.0 Å². The minimum atomic E-state index is -3.79. The van der Waals surface area contributed by atoms with Crippen molar-refractivity contribution in [2.45, 2.75) is 4.21 Å². The molecule has 0 bridgehead atoms. The largest absolute Gasteiger partial charge is 0.455 e. The summed E-state index contributed by atoms with van der Waals surface area (Å²) in [6, 6.07) is 20.6. The van der Waals surface area contributed by atoms with Crippen LogP contribution in [-0.2, 0) is 10.0 Å². The van der Waals surface area contributed by atoms with Crippen molar-refractivity contribution < 1.29 is 17.6 Å². The van der Waals surface area contributed by atoms with Gasteiger partial charge >= 0.3 is 0 Å². The predicted octanol–water partition coefficient (Wildman–Crippen LogP) is 5.34. The molecule has 4 aromatic rings. The van der Waals surface area contributed by atoms with E-state index in [0.29, 0.717) is 11.5 Å². The van der Waals surface area contributed by atoms with E-state index in [9.17, 15) is 13.2 Å². The molecule has 0 saturated carbocycles. The summed E-state index contributed by atoms with van der Waals surface area (Å²) in [5.74, 6) is 0.532. The summed E-state index contributed by atoms with van der Waals surface area (Å²) >= 11 is 4.57. The van der Waals surface area contributed by atoms with Gasteiger partial charge in [-0.25, -0.2) is 13.8 Å². The van der Waals surface area contributed by atoms with Gasteiger partial charge in [0, 0.05) is 10.0 Å². The molecule has 2 aromatic heterocycles. The van der Waals surface area contributed by atoms with Crippen molar-refractivity contribution in [2.75, 3.05) is 4.72 Å². The zero-order chi connectivity index (χ0) is 22.6. The van der Waals surface area contributed by atoms with Crippen LogP contribution in [0.15, 0.2) is 96.4 Å². The minimum absolute atomic E-state index is 0.137. The minimum Gasteiger partial charge on any atom is -0.455 e. The zero-order valence-corrected chi connectivity index (χ0v) is 19.6. The highest BCUT2D eigenvalue weighted by Crippen LogP contribution is 2.29. The van der Waals surface area contributed by atoms with Crippen LogP contribution >= 0.6 is 27.3 Å². The van der Waals surface area contributed by atoms with Crippen molar-refractivity contribution in [2.24, 2.45) is 5.10 Å². The number of nitrogens with one attached hydrogen (secondary N) is 2. The SMILES string of the molecule is O=C(NN=Cc1ccc(-c2ccccc2Br)o1)c1ccccc1NS(=O)(=O)c1cccs1. The van der Waals surface area contributed by atoms with E-state index in [1.54, 1.807) is 35.7 Å². The quantitative estimate of drug-likeness (QED) is 0.249. The molecular formula is C22H16BrN3O4S2. The predicted molar refractivity (Wildman–Crippen MR) is 128 cm³/mol. The molecule has 10 heteroatoms. The molecular weight excluding hydrogens is 514 g/mol. The molecule has 32 heavy (non-hydrogen) atoms. The molecule has 7 nitrogen and oxygen atoms in total. The van der Waals surface area contributed by atoms with Crippen molar-refractivity contribution in [3.8, 4) is 11.3 Å². The van der Waals surface area contributed by atoms with E-state index in [0.717, 1.165) is 21.4 Å². The van der Waals surface area contributed by atoms with Gasteiger partial charge in [0.1, 0.15) is 15.7 Å². The van der Waals surface area contributed by atoms with Crippen LogP contribution in [0.5, 0.6) is 0 Å². The van der Waals surface area contributed by atoms with Crippen LogP contribution in [0.1, 0.15) is 16.1 Å². The Morgan fingerprint density at radius 1 is 1.00 bits per heavy atom. The highest BCUT2D eigenvalue weighted by molar-refractivity contribution is 9.10. The lowest BCUT2D eigenvalue weighted by molar-refractivity contribution is 0.0956. The summed E-state index contributed by atoms with van der Waals surface area (Å²) in [6.07, 6.45) is 1.37. The Morgan fingerprint density at radius 3 is 2.56 bits per heavy atom. The second kappa shape index (κ2) is 9.51. The molecule has 2 N–H and O–H groups in total. The molecule has 0 atom stereocenters. The second-order valence-corrected chi connectivity index (χ2v) is 10.2. The van der Waals surface area contributed by atoms with Gasteiger partial charge in [0.15, 0.2) is 0 Å². The highest BCUT2D eigenvalue weighted by atomic mass is 79.9. The van der Waals surface area contributed by atoms with Crippen molar-refractivity contribution in [1.29, 1.82) is 0 Å². The van der Waals surface area contributed by atoms with Crippen molar-refractivity contribution >= 4 is 55.1 Å².